The molecular weight excluding hydrogens is 296 g/mol. The Kier molecular flexibility index (Phi) is 3.12. The highest BCUT2D eigenvalue weighted by Crippen LogP contribution is 2.34. The van der Waals surface area contributed by atoms with Crippen LogP contribution in [0.1, 0.15) is 23.3 Å². The molecule has 2 aromatic carbocycles. The monoisotopic (exact) mass is 308 g/mol. The average Bonchev–Trinajstić information content (AvgIpc) is 2.91. The summed E-state index contributed by atoms with van der Waals surface area (Å²) in [7, 11) is 0. The fourth-order valence-electron chi connectivity index (χ4n) is 2.95. The van der Waals surface area contributed by atoms with Gasteiger partial charge in [-0.2, -0.15) is 0 Å². The standard InChI is InChI=1S/C19H13ClO2/c20-14-7-9-15-17(11-14)22-19-13(6-8-16(19)18(15)21)10-12-4-2-1-3-5-12/h1-5,7,9-11H,6,8H2. The summed E-state index contributed by atoms with van der Waals surface area (Å²) in [5, 5.41) is 1.17. The lowest BCUT2D eigenvalue weighted by Crippen LogP contribution is -2.08. The first kappa shape index (κ1) is 13.4. The van der Waals surface area contributed by atoms with Crippen LogP contribution in [0.15, 0.2) is 57.7 Å². The molecule has 1 aromatic heterocycles. The predicted molar refractivity (Wildman–Crippen MR) is 90.1 cm³/mol. The number of halogens is 1. The molecule has 108 valence electrons. The van der Waals surface area contributed by atoms with E-state index < -0.39 is 0 Å². The highest BCUT2D eigenvalue weighted by Gasteiger charge is 2.23. The molecule has 2 nitrogen and oxygen atoms in total. The number of allylic oxidation sites excluding steroid dienone is 1. The summed E-state index contributed by atoms with van der Waals surface area (Å²) in [5.74, 6) is 0.712. The molecule has 0 saturated heterocycles. The van der Waals surface area contributed by atoms with Crippen LogP contribution in [-0.2, 0) is 6.42 Å². The minimum atomic E-state index is 0.0596. The fourth-order valence-corrected chi connectivity index (χ4v) is 3.12. The van der Waals surface area contributed by atoms with Crippen LogP contribution in [0.3, 0.4) is 0 Å². The van der Waals surface area contributed by atoms with E-state index in [4.69, 9.17) is 16.0 Å². The topological polar surface area (TPSA) is 30.2 Å². The van der Waals surface area contributed by atoms with Gasteiger partial charge in [0.05, 0.1) is 5.39 Å². The van der Waals surface area contributed by atoms with Gasteiger partial charge < -0.3 is 4.42 Å². The van der Waals surface area contributed by atoms with Gasteiger partial charge in [-0.25, -0.2) is 0 Å². The molecule has 0 atom stereocenters. The van der Waals surface area contributed by atoms with Crippen molar-refractivity contribution in [1.82, 2.24) is 0 Å². The lowest BCUT2D eigenvalue weighted by atomic mass is 10.1. The molecule has 3 heteroatoms. The Balaban J connectivity index is 1.93. The van der Waals surface area contributed by atoms with Crippen molar-refractivity contribution < 1.29 is 4.42 Å². The van der Waals surface area contributed by atoms with Crippen LogP contribution in [0.5, 0.6) is 0 Å². The number of hydrogen-bond acceptors (Lipinski definition) is 2. The van der Waals surface area contributed by atoms with Gasteiger partial charge in [0.2, 0.25) is 0 Å². The quantitative estimate of drug-likeness (QED) is 0.638. The lowest BCUT2D eigenvalue weighted by molar-refractivity contribution is 0.585. The van der Waals surface area contributed by atoms with Gasteiger partial charge >= 0.3 is 0 Å². The number of rotatable bonds is 1. The molecule has 3 aromatic rings. The molecule has 0 N–H and O–H groups in total. The Labute approximate surface area is 132 Å². The van der Waals surface area contributed by atoms with E-state index in [9.17, 15) is 4.79 Å². The predicted octanol–water partition coefficient (Wildman–Crippen LogP) is 4.93. The fraction of sp³-hybridized carbons (Fsp3) is 0.105. The number of hydrogen-bond donors (Lipinski definition) is 0. The van der Waals surface area contributed by atoms with Crippen LogP contribution in [0.4, 0.5) is 0 Å². The zero-order valence-electron chi connectivity index (χ0n) is 11.8. The molecule has 0 aliphatic heterocycles. The molecule has 0 unspecified atom stereocenters. The molecule has 0 radical (unpaired) electrons. The van der Waals surface area contributed by atoms with Gasteiger partial charge in [0.25, 0.3) is 0 Å². The number of fused-ring (bicyclic) bond motifs is 2. The van der Waals surface area contributed by atoms with E-state index in [-0.39, 0.29) is 5.43 Å². The highest BCUT2D eigenvalue weighted by molar-refractivity contribution is 6.31. The van der Waals surface area contributed by atoms with Gasteiger partial charge in [0.1, 0.15) is 11.3 Å². The second-order valence-electron chi connectivity index (χ2n) is 5.46. The van der Waals surface area contributed by atoms with E-state index in [1.54, 1.807) is 18.2 Å². The Morgan fingerprint density at radius 2 is 1.86 bits per heavy atom. The Morgan fingerprint density at radius 1 is 1.05 bits per heavy atom. The minimum absolute atomic E-state index is 0.0596. The van der Waals surface area contributed by atoms with Crippen molar-refractivity contribution in [3.63, 3.8) is 0 Å². The van der Waals surface area contributed by atoms with Gasteiger partial charge in [-0.1, -0.05) is 41.9 Å². The average molecular weight is 309 g/mol. The summed E-state index contributed by atoms with van der Waals surface area (Å²) in [5.41, 5.74) is 3.57. The summed E-state index contributed by atoms with van der Waals surface area (Å²) in [4.78, 5) is 12.6. The molecular formula is C19H13ClO2. The van der Waals surface area contributed by atoms with E-state index in [2.05, 4.69) is 6.08 Å². The van der Waals surface area contributed by atoms with Crippen molar-refractivity contribution in [1.29, 1.82) is 0 Å². The lowest BCUT2D eigenvalue weighted by Gasteiger charge is -2.04. The largest absolute Gasteiger partial charge is 0.456 e. The zero-order valence-corrected chi connectivity index (χ0v) is 12.6. The maximum absolute atomic E-state index is 12.6. The molecule has 22 heavy (non-hydrogen) atoms. The van der Waals surface area contributed by atoms with E-state index >= 15 is 0 Å². The van der Waals surface area contributed by atoms with Gasteiger partial charge in [0, 0.05) is 16.7 Å². The Bertz CT molecular complexity index is 952. The molecule has 4 rings (SSSR count). The van der Waals surface area contributed by atoms with Crippen LogP contribution in [0.25, 0.3) is 22.6 Å². The third-order valence-electron chi connectivity index (χ3n) is 4.02. The van der Waals surface area contributed by atoms with Crippen LogP contribution in [0, 0.1) is 0 Å². The summed E-state index contributed by atoms with van der Waals surface area (Å²) < 4.78 is 6.00. The van der Waals surface area contributed by atoms with Crippen LogP contribution >= 0.6 is 11.6 Å². The first-order chi connectivity index (χ1) is 10.7. The second kappa shape index (κ2) is 5.15. The van der Waals surface area contributed by atoms with E-state index in [1.165, 1.54) is 0 Å². The van der Waals surface area contributed by atoms with E-state index in [0.717, 1.165) is 29.5 Å². The highest BCUT2D eigenvalue weighted by atomic mass is 35.5. The molecule has 1 aliphatic rings. The summed E-state index contributed by atoms with van der Waals surface area (Å²) in [6, 6.07) is 15.2. The normalized spacial score (nSPS) is 15.4. The molecule has 0 spiro atoms. The summed E-state index contributed by atoms with van der Waals surface area (Å²) in [6.07, 6.45) is 3.65. The van der Waals surface area contributed by atoms with Crippen molar-refractivity contribution >= 4 is 34.2 Å². The van der Waals surface area contributed by atoms with Crippen molar-refractivity contribution in [2.24, 2.45) is 0 Å². The third kappa shape index (κ3) is 2.16. The van der Waals surface area contributed by atoms with Crippen LogP contribution < -0.4 is 5.43 Å². The van der Waals surface area contributed by atoms with Gasteiger partial charge in [0.15, 0.2) is 5.43 Å². The smallest absolute Gasteiger partial charge is 0.196 e. The van der Waals surface area contributed by atoms with Crippen LogP contribution in [0.2, 0.25) is 5.02 Å². The first-order valence-corrected chi connectivity index (χ1v) is 7.61. The zero-order chi connectivity index (χ0) is 15.1. The Hall–Kier alpha value is -2.32. The maximum atomic E-state index is 12.6. The maximum Gasteiger partial charge on any atom is 0.196 e. The Morgan fingerprint density at radius 3 is 2.68 bits per heavy atom. The third-order valence-corrected chi connectivity index (χ3v) is 4.26. The first-order valence-electron chi connectivity index (χ1n) is 7.23. The van der Waals surface area contributed by atoms with E-state index in [1.807, 2.05) is 30.3 Å². The summed E-state index contributed by atoms with van der Waals surface area (Å²) in [6.45, 7) is 0. The van der Waals surface area contributed by atoms with Crippen molar-refractivity contribution in [3.05, 3.63) is 80.7 Å². The van der Waals surface area contributed by atoms with Crippen molar-refractivity contribution in [2.75, 3.05) is 0 Å². The van der Waals surface area contributed by atoms with Crippen molar-refractivity contribution in [3.8, 4) is 0 Å². The van der Waals surface area contributed by atoms with E-state index in [0.29, 0.717) is 21.8 Å². The number of benzene rings is 2. The molecule has 0 bridgehead atoms. The van der Waals surface area contributed by atoms with Crippen LogP contribution in [-0.4, -0.2) is 0 Å². The molecule has 0 amide bonds. The minimum Gasteiger partial charge on any atom is -0.456 e. The van der Waals surface area contributed by atoms with Gasteiger partial charge in [-0.3, -0.25) is 4.79 Å². The summed E-state index contributed by atoms with van der Waals surface area (Å²) >= 11 is 6.01. The molecule has 0 fully saturated rings. The SMILES string of the molecule is O=c1c2c(oc3cc(Cl)ccc13)C(=Cc1ccccc1)CC2. The van der Waals surface area contributed by atoms with Crippen molar-refractivity contribution in [2.45, 2.75) is 12.8 Å². The molecule has 1 aliphatic carbocycles. The molecule has 1 heterocycles. The second-order valence-corrected chi connectivity index (χ2v) is 5.90. The molecule has 0 saturated carbocycles. The van der Waals surface area contributed by atoms with Gasteiger partial charge in [-0.05, 0) is 42.2 Å². The van der Waals surface area contributed by atoms with Gasteiger partial charge in [-0.15, -0.1) is 0 Å².